The number of pyridine rings is 1. The van der Waals surface area contributed by atoms with Crippen molar-refractivity contribution < 1.29 is 19.1 Å². The molecule has 0 spiro atoms. The zero-order chi connectivity index (χ0) is 25.5. The molecule has 0 radical (unpaired) electrons. The Kier molecular flexibility index (Phi) is 9.07. The van der Waals surface area contributed by atoms with E-state index < -0.39 is 17.9 Å². The van der Waals surface area contributed by atoms with E-state index in [1.807, 2.05) is 6.92 Å². The minimum atomic E-state index is -0.808. The predicted molar refractivity (Wildman–Crippen MR) is 135 cm³/mol. The second kappa shape index (κ2) is 12.0. The van der Waals surface area contributed by atoms with Gasteiger partial charge in [-0.1, -0.05) is 36.5 Å². The molecule has 1 aromatic carbocycles. The summed E-state index contributed by atoms with van der Waals surface area (Å²) in [6.07, 6.45) is 2.26. The van der Waals surface area contributed by atoms with Crippen molar-refractivity contribution in [1.29, 1.82) is 0 Å². The van der Waals surface area contributed by atoms with Gasteiger partial charge in [-0.25, -0.2) is 19.9 Å². The third-order valence-electron chi connectivity index (χ3n) is 4.64. The van der Waals surface area contributed by atoms with Gasteiger partial charge in [0.2, 0.25) is 0 Å². The first-order valence-corrected chi connectivity index (χ1v) is 12.0. The lowest BCUT2D eigenvalue weighted by Gasteiger charge is -2.15. The Morgan fingerprint density at radius 1 is 1.14 bits per heavy atom. The van der Waals surface area contributed by atoms with Crippen LogP contribution in [0.4, 0.5) is 10.5 Å². The maximum Gasteiger partial charge on any atom is 0.426 e. The minimum Gasteiger partial charge on any atom is -0.448 e. The Hall–Kier alpha value is -3.15. The molecule has 2 heterocycles. The van der Waals surface area contributed by atoms with Crippen molar-refractivity contribution in [3.63, 3.8) is 0 Å². The number of ether oxygens (including phenoxy) is 1. The van der Waals surface area contributed by atoms with Crippen LogP contribution < -0.4 is 16.2 Å². The highest BCUT2D eigenvalue weighted by atomic mass is 79.9. The van der Waals surface area contributed by atoms with Crippen LogP contribution in [0.25, 0.3) is 5.82 Å². The average Bonchev–Trinajstić information content (AvgIpc) is 3.21. The van der Waals surface area contributed by atoms with Crippen molar-refractivity contribution in [1.82, 2.24) is 25.6 Å². The summed E-state index contributed by atoms with van der Waals surface area (Å²) >= 11 is 15.6. The van der Waals surface area contributed by atoms with Crippen LogP contribution in [0.3, 0.4) is 0 Å². The van der Waals surface area contributed by atoms with Gasteiger partial charge in [-0.2, -0.15) is 5.10 Å². The third-order valence-corrected chi connectivity index (χ3v) is 5.55. The summed E-state index contributed by atoms with van der Waals surface area (Å²) in [4.78, 5) is 42.0. The first-order chi connectivity index (χ1) is 16.7. The molecule has 0 fully saturated rings. The highest BCUT2D eigenvalue weighted by Crippen LogP contribution is 2.27. The molecule has 0 aliphatic heterocycles. The number of nitrogens with zero attached hydrogens (tertiary/aromatic N) is 3. The fraction of sp³-hybridized carbons (Fsp3) is 0.227. The number of hydrogen-bond donors (Lipinski definition) is 3. The summed E-state index contributed by atoms with van der Waals surface area (Å²) in [5.41, 5.74) is 5.27. The van der Waals surface area contributed by atoms with Crippen LogP contribution in [0.5, 0.6) is 0 Å². The number of benzene rings is 1. The summed E-state index contributed by atoms with van der Waals surface area (Å²) in [6.45, 7) is 3.85. The van der Waals surface area contributed by atoms with E-state index in [4.69, 9.17) is 27.9 Å². The summed E-state index contributed by atoms with van der Waals surface area (Å²) < 4.78 is 6.60. The summed E-state index contributed by atoms with van der Waals surface area (Å²) in [5.74, 6) is -1.04. The van der Waals surface area contributed by atoms with Crippen LogP contribution in [0.1, 0.15) is 46.2 Å². The van der Waals surface area contributed by atoms with E-state index >= 15 is 0 Å². The number of halogens is 3. The Bertz CT molecular complexity index is 1270. The molecule has 3 rings (SSSR count). The molecule has 0 unspecified atom stereocenters. The zero-order valence-electron chi connectivity index (χ0n) is 18.7. The largest absolute Gasteiger partial charge is 0.448 e. The molecule has 0 aliphatic rings. The summed E-state index contributed by atoms with van der Waals surface area (Å²) in [6, 6.07) is 7.71. The lowest BCUT2D eigenvalue weighted by atomic mass is 10.1. The van der Waals surface area contributed by atoms with E-state index in [0.29, 0.717) is 16.6 Å². The molecule has 0 saturated carbocycles. The van der Waals surface area contributed by atoms with Crippen LogP contribution in [-0.4, -0.2) is 39.3 Å². The number of rotatable bonds is 7. The second-order valence-electron chi connectivity index (χ2n) is 7.24. The highest BCUT2D eigenvalue weighted by molar-refractivity contribution is 9.10. The number of hydrazine groups is 1. The Morgan fingerprint density at radius 3 is 2.63 bits per heavy atom. The van der Waals surface area contributed by atoms with Gasteiger partial charge >= 0.3 is 6.09 Å². The smallest absolute Gasteiger partial charge is 0.426 e. The normalized spacial score (nSPS) is 10.5. The molecule has 3 amide bonds. The van der Waals surface area contributed by atoms with Crippen molar-refractivity contribution >= 4 is 62.7 Å². The van der Waals surface area contributed by atoms with Crippen LogP contribution in [0, 0.1) is 6.92 Å². The fourth-order valence-electron chi connectivity index (χ4n) is 2.99. The van der Waals surface area contributed by atoms with Gasteiger partial charge in [0.25, 0.3) is 11.8 Å². The van der Waals surface area contributed by atoms with Crippen LogP contribution in [0.2, 0.25) is 10.0 Å². The van der Waals surface area contributed by atoms with E-state index in [1.165, 1.54) is 23.0 Å². The van der Waals surface area contributed by atoms with E-state index in [9.17, 15) is 14.4 Å². The molecule has 35 heavy (non-hydrogen) atoms. The number of aryl methyl sites for hydroxylation is 1. The number of nitrogens with one attached hydrogen (secondary N) is 3. The van der Waals surface area contributed by atoms with Crippen molar-refractivity contribution in [3.8, 4) is 5.82 Å². The molecular formula is C22H21BrCl2N6O4. The predicted octanol–water partition coefficient (Wildman–Crippen LogP) is 5.07. The Morgan fingerprint density at radius 2 is 1.91 bits per heavy atom. The van der Waals surface area contributed by atoms with Gasteiger partial charge in [0.05, 0.1) is 22.9 Å². The van der Waals surface area contributed by atoms with Gasteiger partial charge in [0.15, 0.2) is 5.82 Å². The molecule has 3 aromatic rings. The van der Waals surface area contributed by atoms with Gasteiger partial charge < -0.3 is 10.1 Å². The van der Waals surface area contributed by atoms with E-state index in [-0.39, 0.29) is 39.4 Å². The molecular weight excluding hydrogens is 563 g/mol. The number of carbonyl (C=O) groups excluding carboxylic acids is 3. The minimum absolute atomic E-state index is 0.0261. The SMILES string of the molecule is CCCCOC(=O)NNC(=O)c1cc(Cl)cc(C)c1NC(=O)c1cc(Br)nn1-c1ncccc1Cl. The Balaban J connectivity index is 1.85. The van der Waals surface area contributed by atoms with Crippen LogP contribution in [0.15, 0.2) is 41.1 Å². The number of hydrogen-bond acceptors (Lipinski definition) is 6. The third kappa shape index (κ3) is 6.71. The average molecular weight is 584 g/mol. The topological polar surface area (TPSA) is 127 Å². The van der Waals surface area contributed by atoms with Crippen molar-refractivity contribution in [3.05, 3.63) is 68.0 Å². The van der Waals surface area contributed by atoms with Crippen molar-refractivity contribution in [2.45, 2.75) is 26.7 Å². The van der Waals surface area contributed by atoms with Gasteiger partial charge in [-0.3, -0.25) is 15.0 Å². The first kappa shape index (κ1) is 26.5. The standard InChI is InChI=1S/C22H21BrCl2N6O4/c1-3-4-8-35-22(34)29-28-20(32)14-10-13(24)9-12(2)18(14)27-21(33)16-11-17(23)30-31(16)19-15(25)6-5-7-26-19/h5-7,9-11H,3-4,8H2,1-2H3,(H,27,33)(H,28,32)(H,29,34). The number of anilines is 1. The number of aromatic nitrogens is 3. The van der Waals surface area contributed by atoms with Crippen LogP contribution >= 0.6 is 39.1 Å². The number of amides is 3. The molecule has 13 heteroatoms. The van der Waals surface area contributed by atoms with Gasteiger partial charge in [0.1, 0.15) is 10.3 Å². The highest BCUT2D eigenvalue weighted by Gasteiger charge is 2.22. The summed E-state index contributed by atoms with van der Waals surface area (Å²) in [5, 5.41) is 7.52. The van der Waals surface area contributed by atoms with Crippen LogP contribution in [-0.2, 0) is 4.74 Å². The maximum absolute atomic E-state index is 13.2. The lowest BCUT2D eigenvalue weighted by molar-refractivity contribution is 0.0909. The molecule has 2 aromatic heterocycles. The fourth-order valence-corrected chi connectivity index (χ4v) is 3.84. The van der Waals surface area contributed by atoms with E-state index in [1.54, 1.807) is 25.1 Å². The van der Waals surface area contributed by atoms with Crippen molar-refractivity contribution in [2.75, 3.05) is 11.9 Å². The zero-order valence-corrected chi connectivity index (χ0v) is 21.8. The molecule has 3 N–H and O–H groups in total. The maximum atomic E-state index is 13.2. The van der Waals surface area contributed by atoms with E-state index in [2.05, 4.69) is 42.2 Å². The monoisotopic (exact) mass is 582 g/mol. The molecule has 0 saturated heterocycles. The van der Waals surface area contributed by atoms with E-state index in [0.717, 1.165) is 6.42 Å². The lowest BCUT2D eigenvalue weighted by Crippen LogP contribution is -2.42. The molecule has 0 aliphatic carbocycles. The number of carbonyl (C=O) groups is 3. The van der Waals surface area contributed by atoms with Gasteiger partial charge in [-0.05, 0) is 59.1 Å². The Labute approximate surface area is 219 Å². The second-order valence-corrected chi connectivity index (χ2v) is 8.90. The number of unbranched alkanes of at least 4 members (excludes halogenated alkanes) is 1. The molecule has 10 nitrogen and oxygen atoms in total. The summed E-state index contributed by atoms with van der Waals surface area (Å²) in [7, 11) is 0. The first-order valence-electron chi connectivity index (χ1n) is 10.4. The van der Waals surface area contributed by atoms with Crippen molar-refractivity contribution in [2.24, 2.45) is 0 Å². The van der Waals surface area contributed by atoms with Gasteiger partial charge in [-0.15, -0.1) is 0 Å². The van der Waals surface area contributed by atoms with Gasteiger partial charge in [0, 0.05) is 17.3 Å². The molecule has 0 atom stereocenters. The molecule has 184 valence electrons. The molecule has 0 bridgehead atoms. The quantitative estimate of drug-likeness (QED) is 0.263.